The Bertz CT molecular complexity index is 744. The number of rotatable bonds is 6. The highest BCUT2D eigenvalue weighted by molar-refractivity contribution is 6.33. The predicted octanol–water partition coefficient (Wildman–Crippen LogP) is 4.40. The zero-order valence-corrected chi connectivity index (χ0v) is 14.7. The molecule has 1 saturated carbocycles. The van der Waals surface area contributed by atoms with E-state index in [1.807, 2.05) is 0 Å². The van der Waals surface area contributed by atoms with Gasteiger partial charge in [-0.15, -0.1) is 0 Å². The fourth-order valence-corrected chi connectivity index (χ4v) is 3.00. The maximum Gasteiger partial charge on any atom is 0.149 e. The molecule has 1 heterocycles. The lowest BCUT2D eigenvalue weighted by Gasteiger charge is -2.17. The van der Waals surface area contributed by atoms with Crippen molar-refractivity contribution in [2.75, 3.05) is 36.6 Å². The zero-order chi connectivity index (χ0) is 17.3. The van der Waals surface area contributed by atoms with Crippen LogP contribution in [0.3, 0.4) is 0 Å². The molecule has 3 rings (SSSR count). The van der Waals surface area contributed by atoms with E-state index in [0.717, 1.165) is 18.9 Å². The van der Waals surface area contributed by atoms with Crippen LogP contribution in [0.5, 0.6) is 0 Å². The molecule has 0 unspecified atom stereocenters. The van der Waals surface area contributed by atoms with E-state index in [0.29, 0.717) is 33.3 Å². The summed E-state index contributed by atoms with van der Waals surface area (Å²) in [6.45, 7) is 0.840. The lowest BCUT2D eigenvalue weighted by atomic mass is 10.0. The van der Waals surface area contributed by atoms with Crippen molar-refractivity contribution < 1.29 is 4.39 Å². The van der Waals surface area contributed by atoms with Gasteiger partial charge in [0.25, 0.3) is 0 Å². The lowest BCUT2D eigenvalue weighted by molar-refractivity contribution is 0.626. The van der Waals surface area contributed by atoms with Gasteiger partial charge < -0.3 is 16.0 Å². The molecule has 0 bridgehead atoms. The summed E-state index contributed by atoms with van der Waals surface area (Å²) in [5.74, 6) is 1.13. The van der Waals surface area contributed by atoms with E-state index in [4.69, 9.17) is 17.3 Å². The van der Waals surface area contributed by atoms with Crippen molar-refractivity contribution in [3.63, 3.8) is 0 Å². The minimum atomic E-state index is -0.334. The van der Waals surface area contributed by atoms with Gasteiger partial charge in [-0.1, -0.05) is 24.4 Å². The van der Waals surface area contributed by atoms with Crippen LogP contribution in [-0.4, -0.2) is 25.6 Å². The summed E-state index contributed by atoms with van der Waals surface area (Å²) in [5.41, 5.74) is 8.45. The van der Waals surface area contributed by atoms with E-state index < -0.39 is 0 Å². The van der Waals surface area contributed by atoms with Crippen molar-refractivity contribution >= 4 is 28.8 Å². The number of benzene rings is 1. The minimum absolute atomic E-state index is 0.334. The fraction of sp³-hybridized carbons (Fsp3) is 0.389. The van der Waals surface area contributed by atoms with Crippen LogP contribution in [0.4, 0.5) is 21.6 Å². The highest BCUT2D eigenvalue weighted by atomic mass is 35.5. The van der Waals surface area contributed by atoms with E-state index in [1.165, 1.54) is 18.9 Å². The van der Waals surface area contributed by atoms with Gasteiger partial charge in [-0.25, -0.2) is 9.37 Å². The second-order valence-corrected chi connectivity index (χ2v) is 6.86. The van der Waals surface area contributed by atoms with Crippen molar-refractivity contribution in [2.45, 2.75) is 19.3 Å². The van der Waals surface area contributed by atoms with Gasteiger partial charge in [0.1, 0.15) is 11.6 Å². The Balaban J connectivity index is 1.89. The molecule has 0 amide bonds. The topological polar surface area (TPSA) is 54.2 Å². The van der Waals surface area contributed by atoms with Crippen molar-refractivity contribution in [3.8, 4) is 11.1 Å². The molecule has 24 heavy (non-hydrogen) atoms. The number of nitrogens with two attached hydrogens (primary N) is 1. The van der Waals surface area contributed by atoms with E-state index in [2.05, 4.69) is 10.3 Å². The number of nitrogen functional groups attached to an aromatic ring is 1. The van der Waals surface area contributed by atoms with Crippen molar-refractivity contribution in [1.29, 1.82) is 0 Å². The first-order valence-electron chi connectivity index (χ1n) is 8.12. The molecule has 0 atom stereocenters. The highest BCUT2D eigenvalue weighted by Gasteiger charge is 2.21. The molecule has 128 valence electrons. The molecule has 1 aliphatic carbocycles. The van der Waals surface area contributed by atoms with Gasteiger partial charge in [-0.2, -0.15) is 0 Å². The smallest absolute Gasteiger partial charge is 0.149 e. The van der Waals surface area contributed by atoms with Crippen molar-refractivity contribution in [2.24, 2.45) is 5.92 Å². The first kappa shape index (κ1) is 16.8. The van der Waals surface area contributed by atoms with Gasteiger partial charge >= 0.3 is 0 Å². The molecule has 6 heteroatoms. The molecule has 4 nitrogen and oxygen atoms in total. The van der Waals surface area contributed by atoms with Crippen LogP contribution in [0.2, 0.25) is 5.02 Å². The second-order valence-electron chi connectivity index (χ2n) is 6.46. The summed E-state index contributed by atoms with van der Waals surface area (Å²) in [6, 6.07) is 4.81. The van der Waals surface area contributed by atoms with Gasteiger partial charge in [-0.3, -0.25) is 0 Å². The maximum absolute atomic E-state index is 14.3. The Kier molecular flexibility index (Phi) is 4.81. The normalized spacial score (nSPS) is 13.8. The SMILES string of the molecule is CN(C)c1cc(Cl)c(-c2ccnc(NCCC3CC3)c2N)cc1F. The monoisotopic (exact) mass is 348 g/mol. The number of hydrogen-bond acceptors (Lipinski definition) is 4. The van der Waals surface area contributed by atoms with Crippen LogP contribution in [0.1, 0.15) is 19.3 Å². The quantitative estimate of drug-likeness (QED) is 0.812. The molecule has 0 spiro atoms. The second kappa shape index (κ2) is 6.85. The average molecular weight is 349 g/mol. The Morgan fingerprint density at radius 2 is 2.08 bits per heavy atom. The van der Waals surface area contributed by atoms with E-state index in [1.54, 1.807) is 37.3 Å². The summed E-state index contributed by atoms with van der Waals surface area (Å²) in [6.07, 6.45) is 5.42. The molecule has 0 radical (unpaired) electrons. The number of anilines is 3. The summed E-state index contributed by atoms with van der Waals surface area (Å²) in [5, 5.41) is 3.74. The minimum Gasteiger partial charge on any atom is -0.395 e. The zero-order valence-electron chi connectivity index (χ0n) is 13.9. The standard InChI is InChI=1S/C18H22ClFN4/c1-24(2)16-10-14(19)13(9-15(16)20)12-6-8-23-18(17(12)21)22-7-5-11-3-4-11/h6,8-11H,3-5,7,21H2,1-2H3,(H,22,23). The number of nitrogens with one attached hydrogen (secondary N) is 1. The van der Waals surface area contributed by atoms with Gasteiger partial charge in [0.2, 0.25) is 0 Å². The molecular weight excluding hydrogens is 327 g/mol. The molecule has 0 saturated heterocycles. The van der Waals surface area contributed by atoms with Gasteiger partial charge in [0.05, 0.1) is 16.4 Å². The van der Waals surface area contributed by atoms with Crippen LogP contribution < -0.4 is 16.0 Å². The Morgan fingerprint density at radius 1 is 1.33 bits per heavy atom. The third-order valence-corrected chi connectivity index (χ3v) is 4.65. The fourth-order valence-electron chi connectivity index (χ4n) is 2.74. The maximum atomic E-state index is 14.3. The number of halogens is 2. The molecule has 0 aliphatic heterocycles. The summed E-state index contributed by atoms with van der Waals surface area (Å²) in [4.78, 5) is 5.98. The largest absolute Gasteiger partial charge is 0.395 e. The van der Waals surface area contributed by atoms with Gasteiger partial charge in [0.15, 0.2) is 0 Å². The van der Waals surface area contributed by atoms with E-state index >= 15 is 0 Å². The molecule has 1 aliphatic rings. The number of aromatic nitrogens is 1. The molecule has 1 aromatic carbocycles. The van der Waals surface area contributed by atoms with E-state index in [-0.39, 0.29) is 5.82 Å². The molecule has 2 aromatic rings. The van der Waals surface area contributed by atoms with Crippen LogP contribution in [-0.2, 0) is 0 Å². The van der Waals surface area contributed by atoms with Gasteiger partial charge in [0, 0.05) is 38.0 Å². The third-order valence-electron chi connectivity index (χ3n) is 4.34. The summed E-state index contributed by atoms with van der Waals surface area (Å²) in [7, 11) is 3.55. The van der Waals surface area contributed by atoms with Crippen LogP contribution in [0.15, 0.2) is 24.4 Å². The Morgan fingerprint density at radius 3 is 2.75 bits per heavy atom. The Hall–Kier alpha value is -2.01. The highest BCUT2D eigenvalue weighted by Crippen LogP contribution is 2.38. The predicted molar refractivity (Wildman–Crippen MR) is 99.2 cm³/mol. The van der Waals surface area contributed by atoms with E-state index in [9.17, 15) is 4.39 Å². The molecular formula is C18H22ClFN4. The summed E-state index contributed by atoms with van der Waals surface area (Å²) >= 11 is 6.37. The first-order valence-corrected chi connectivity index (χ1v) is 8.50. The first-order chi connectivity index (χ1) is 11.5. The number of nitrogens with zero attached hydrogens (tertiary/aromatic N) is 2. The molecule has 3 N–H and O–H groups in total. The Labute approximate surface area is 146 Å². The average Bonchev–Trinajstić information content (AvgIpc) is 3.35. The van der Waals surface area contributed by atoms with Crippen LogP contribution in [0.25, 0.3) is 11.1 Å². The van der Waals surface area contributed by atoms with Crippen molar-refractivity contribution in [1.82, 2.24) is 4.98 Å². The van der Waals surface area contributed by atoms with Crippen LogP contribution >= 0.6 is 11.6 Å². The van der Waals surface area contributed by atoms with Crippen LogP contribution in [0, 0.1) is 11.7 Å². The third kappa shape index (κ3) is 3.56. The lowest BCUT2D eigenvalue weighted by Crippen LogP contribution is -2.11. The number of pyridine rings is 1. The molecule has 1 fully saturated rings. The summed E-state index contributed by atoms with van der Waals surface area (Å²) < 4.78 is 14.3. The number of hydrogen-bond donors (Lipinski definition) is 2. The van der Waals surface area contributed by atoms with Gasteiger partial charge in [-0.05, 0) is 30.5 Å². The van der Waals surface area contributed by atoms with Crippen molar-refractivity contribution in [3.05, 3.63) is 35.2 Å². The molecule has 1 aromatic heterocycles.